The number of hydrogen-bond acceptors (Lipinski definition) is 6. The Labute approximate surface area is 172 Å². The first-order valence-electron chi connectivity index (χ1n) is 9.62. The van der Waals surface area contributed by atoms with Crippen molar-refractivity contribution in [3.8, 4) is 5.75 Å². The number of aromatic nitrogens is 4. The highest BCUT2D eigenvalue weighted by Crippen LogP contribution is 2.18. The van der Waals surface area contributed by atoms with Crippen LogP contribution in [-0.4, -0.2) is 32.2 Å². The van der Waals surface area contributed by atoms with E-state index in [1.807, 2.05) is 25.1 Å². The van der Waals surface area contributed by atoms with Crippen LogP contribution in [0.15, 0.2) is 39.9 Å². The number of ether oxygens (including phenoxy) is 2. The maximum Gasteiger partial charge on any atom is 0.331 e. The Kier molecular flexibility index (Phi) is 6.51. The van der Waals surface area contributed by atoms with Crippen LogP contribution < -0.4 is 16.0 Å². The molecule has 0 fully saturated rings. The van der Waals surface area contributed by atoms with Gasteiger partial charge in [0.1, 0.15) is 18.2 Å². The fraction of sp³-hybridized carbons (Fsp3) is 0.333. The Balaban J connectivity index is 1.81. The van der Waals surface area contributed by atoms with Gasteiger partial charge in [-0.1, -0.05) is 31.5 Å². The zero-order chi connectivity index (χ0) is 21.7. The Bertz CT molecular complexity index is 1200. The molecule has 9 nitrogen and oxygen atoms in total. The van der Waals surface area contributed by atoms with Gasteiger partial charge in [0.05, 0.1) is 7.11 Å². The Morgan fingerprint density at radius 1 is 1.27 bits per heavy atom. The first kappa shape index (κ1) is 21.1. The molecule has 2 heterocycles. The van der Waals surface area contributed by atoms with Crippen molar-refractivity contribution < 1.29 is 14.3 Å². The molecule has 0 bridgehead atoms. The summed E-state index contributed by atoms with van der Waals surface area (Å²) in [4.78, 5) is 43.3. The number of esters is 1. The van der Waals surface area contributed by atoms with Crippen LogP contribution in [0.1, 0.15) is 31.2 Å². The largest absolute Gasteiger partial charge is 0.496 e. The average molecular weight is 412 g/mol. The summed E-state index contributed by atoms with van der Waals surface area (Å²) in [7, 11) is 3.20. The van der Waals surface area contributed by atoms with E-state index in [4.69, 9.17) is 9.47 Å². The van der Waals surface area contributed by atoms with Crippen LogP contribution >= 0.6 is 0 Å². The molecule has 1 N–H and O–H groups in total. The van der Waals surface area contributed by atoms with Crippen molar-refractivity contribution >= 4 is 23.2 Å². The predicted molar refractivity (Wildman–Crippen MR) is 112 cm³/mol. The highest BCUT2D eigenvalue weighted by Gasteiger charge is 2.17. The second-order valence-electron chi connectivity index (χ2n) is 6.71. The van der Waals surface area contributed by atoms with Crippen LogP contribution in [0.3, 0.4) is 0 Å². The van der Waals surface area contributed by atoms with Gasteiger partial charge >= 0.3 is 11.7 Å². The molecule has 0 amide bonds. The van der Waals surface area contributed by atoms with E-state index < -0.39 is 17.2 Å². The Hall–Kier alpha value is -3.62. The van der Waals surface area contributed by atoms with Crippen molar-refractivity contribution in [2.24, 2.45) is 7.05 Å². The van der Waals surface area contributed by atoms with Crippen molar-refractivity contribution in [1.29, 1.82) is 0 Å². The molecule has 1 aromatic carbocycles. The molecule has 9 heteroatoms. The molecule has 0 atom stereocenters. The average Bonchev–Trinajstić information content (AvgIpc) is 3.07. The standard InChI is InChI=1S/C21H24N4O5/c1-4-5-12-25-19-18(20(27)23-21(25)28)24(2)16(22-19)13-30-17(26)11-10-14-8-6-7-9-15(14)29-3/h6-11H,4-5,12-13H2,1-3H3,(H,23,27,28). The molecule has 30 heavy (non-hydrogen) atoms. The highest BCUT2D eigenvalue weighted by molar-refractivity contribution is 5.87. The van der Waals surface area contributed by atoms with Gasteiger partial charge in [-0.3, -0.25) is 14.3 Å². The van der Waals surface area contributed by atoms with E-state index in [1.165, 1.54) is 15.2 Å². The summed E-state index contributed by atoms with van der Waals surface area (Å²) >= 11 is 0. The fourth-order valence-corrected chi connectivity index (χ4v) is 3.09. The third kappa shape index (κ3) is 4.35. The van der Waals surface area contributed by atoms with E-state index in [2.05, 4.69) is 9.97 Å². The van der Waals surface area contributed by atoms with E-state index in [1.54, 1.807) is 26.3 Å². The first-order valence-corrected chi connectivity index (χ1v) is 9.62. The summed E-state index contributed by atoms with van der Waals surface area (Å²) in [6.07, 6.45) is 4.56. The lowest BCUT2D eigenvalue weighted by Gasteiger charge is -2.04. The number of para-hydroxylation sites is 1. The SMILES string of the molecule is CCCCn1c(=O)[nH]c(=O)c2c1nc(COC(=O)C=Cc1ccccc1OC)n2C. The number of rotatable bonds is 8. The number of unbranched alkanes of at least 4 members (excludes halogenated alkanes) is 1. The topological polar surface area (TPSA) is 108 Å². The summed E-state index contributed by atoms with van der Waals surface area (Å²) in [6, 6.07) is 7.28. The van der Waals surface area contributed by atoms with E-state index in [0.29, 0.717) is 18.1 Å². The molecular formula is C21H24N4O5. The van der Waals surface area contributed by atoms with E-state index in [0.717, 1.165) is 18.4 Å². The number of H-pyrrole nitrogens is 1. The zero-order valence-electron chi connectivity index (χ0n) is 17.2. The monoisotopic (exact) mass is 412 g/mol. The number of nitrogens with one attached hydrogen (secondary N) is 1. The van der Waals surface area contributed by atoms with Crippen molar-refractivity contribution in [3.63, 3.8) is 0 Å². The van der Waals surface area contributed by atoms with Gasteiger partial charge in [-0.15, -0.1) is 0 Å². The maximum atomic E-state index is 12.3. The van der Waals surface area contributed by atoms with Crippen molar-refractivity contribution in [1.82, 2.24) is 19.1 Å². The second-order valence-corrected chi connectivity index (χ2v) is 6.71. The molecular weight excluding hydrogens is 388 g/mol. The molecule has 2 aromatic heterocycles. The summed E-state index contributed by atoms with van der Waals surface area (Å²) in [5.41, 5.74) is 0.275. The molecule has 3 rings (SSSR count). The van der Waals surface area contributed by atoms with Gasteiger partial charge in [-0.25, -0.2) is 14.6 Å². The number of benzene rings is 1. The zero-order valence-corrected chi connectivity index (χ0v) is 17.2. The third-order valence-corrected chi connectivity index (χ3v) is 4.72. The highest BCUT2D eigenvalue weighted by atomic mass is 16.5. The Morgan fingerprint density at radius 3 is 2.77 bits per heavy atom. The molecule has 0 saturated heterocycles. The Morgan fingerprint density at radius 2 is 2.03 bits per heavy atom. The minimum absolute atomic E-state index is 0.137. The summed E-state index contributed by atoms with van der Waals surface area (Å²) in [6.45, 7) is 2.32. The number of hydrogen-bond donors (Lipinski definition) is 1. The summed E-state index contributed by atoms with van der Waals surface area (Å²) < 4.78 is 13.5. The smallest absolute Gasteiger partial charge is 0.331 e. The first-order chi connectivity index (χ1) is 14.5. The molecule has 0 aliphatic rings. The van der Waals surface area contributed by atoms with Crippen LogP contribution in [0.2, 0.25) is 0 Å². The van der Waals surface area contributed by atoms with E-state index in [9.17, 15) is 14.4 Å². The fourth-order valence-electron chi connectivity index (χ4n) is 3.09. The van der Waals surface area contributed by atoms with Crippen LogP contribution in [0.25, 0.3) is 17.2 Å². The van der Waals surface area contributed by atoms with Gasteiger partial charge in [0, 0.05) is 25.2 Å². The number of carbonyl (C=O) groups is 1. The van der Waals surface area contributed by atoms with Crippen LogP contribution in [0, 0.1) is 0 Å². The molecule has 0 aliphatic carbocycles. The van der Waals surface area contributed by atoms with Crippen LogP contribution in [0.4, 0.5) is 0 Å². The van der Waals surface area contributed by atoms with Gasteiger partial charge in [0.2, 0.25) is 0 Å². The van der Waals surface area contributed by atoms with Gasteiger partial charge in [-0.2, -0.15) is 0 Å². The number of fused-ring (bicyclic) bond motifs is 1. The lowest BCUT2D eigenvalue weighted by atomic mass is 10.2. The normalized spacial score (nSPS) is 11.3. The minimum Gasteiger partial charge on any atom is -0.496 e. The van der Waals surface area contributed by atoms with Gasteiger partial charge in [0.15, 0.2) is 11.2 Å². The van der Waals surface area contributed by atoms with E-state index >= 15 is 0 Å². The summed E-state index contributed by atoms with van der Waals surface area (Å²) in [5.74, 6) is 0.441. The van der Waals surface area contributed by atoms with Gasteiger partial charge in [-0.05, 0) is 18.6 Å². The quantitative estimate of drug-likeness (QED) is 0.448. The molecule has 0 aliphatic heterocycles. The molecule has 3 aromatic rings. The third-order valence-electron chi connectivity index (χ3n) is 4.72. The summed E-state index contributed by atoms with van der Waals surface area (Å²) in [5, 5.41) is 0. The molecule has 0 saturated carbocycles. The molecule has 158 valence electrons. The molecule has 0 spiro atoms. The van der Waals surface area contributed by atoms with Crippen molar-refractivity contribution in [2.75, 3.05) is 7.11 Å². The van der Waals surface area contributed by atoms with Crippen molar-refractivity contribution in [3.05, 3.63) is 62.6 Å². The number of methoxy groups -OCH3 is 1. The predicted octanol–water partition coefficient (Wildman–Crippen LogP) is 1.99. The van der Waals surface area contributed by atoms with Crippen LogP contribution in [0.5, 0.6) is 5.75 Å². The number of carbonyl (C=O) groups excluding carboxylic acids is 1. The number of imidazole rings is 1. The van der Waals surface area contributed by atoms with E-state index in [-0.39, 0.29) is 17.8 Å². The minimum atomic E-state index is -0.565. The number of nitrogens with zero attached hydrogens (tertiary/aromatic N) is 3. The lowest BCUT2D eigenvalue weighted by molar-refractivity contribution is -0.139. The van der Waals surface area contributed by atoms with Gasteiger partial charge < -0.3 is 14.0 Å². The van der Waals surface area contributed by atoms with Crippen LogP contribution in [-0.2, 0) is 29.7 Å². The molecule has 0 radical (unpaired) electrons. The lowest BCUT2D eigenvalue weighted by Crippen LogP contribution is -2.31. The number of aryl methyl sites for hydroxylation is 2. The van der Waals surface area contributed by atoms with Gasteiger partial charge in [0.25, 0.3) is 5.56 Å². The number of aromatic amines is 1. The van der Waals surface area contributed by atoms with Crippen molar-refractivity contribution in [2.45, 2.75) is 32.9 Å². The maximum absolute atomic E-state index is 12.3. The molecule has 0 unspecified atom stereocenters. The second kappa shape index (κ2) is 9.25.